The van der Waals surface area contributed by atoms with Gasteiger partial charge in [0, 0.05) is 5.69 Å². The zero-order valence-corrected chi connectivity index (χ0v) is 12.7. The molecule has 0 bridgehead atoms. The molecule has 0 aromatic heterocycles. The zero-order chi connectivity index (χ0) is 15.4. The number of rotatable bonds is 4. The van der Waals surface area contributed by atoms with Gasteiger partial charge in [-0.2, -0.15) is 0 Å². The number of carbonyl (C=O) groups is 1. The van der Waals surface area contributed by atoms with Gasteiger partial charge in [0.15, 0.2) is 0 Å². The van der Waals surface area contributed by atoms with Gasteiger partial charge in [0.1, 0.15) is 0 Å². The minimum atomic E-state index is -3.72. The number of nitrogens with one attached hydrogen (secondary N) is 1. The number of carbonyl (C=O) groups excluding carboxylic acids is 1. The Morgan fingerprint density at radius 3 is 2.25 bits per heavy atom. The van der Waals surface area contributed by atoms with E-state index in [0.29, 0.717) is 12.3 Å². The summed E-state index contributed by atoms with van der Waals surface area (Å²) in [5, 5.41) is 7.48. The molecule has 0 aliphatic rings. The Morgan fingerprint density at radius 2 is 1.80 bits per heavy atom. The van der Waals surface area contributed by atoms with E-state index in [1.807, 2.05) is 0 Å². The SMILES string of the molecule is CC(C)(C)CCOC(=O)Nc1ccc(S(N)(=O)=O)cc1. The van der Waals surface area contributed by atoms with Gasteiger partial charge in [0.25, 0.3) is 0 Å². The summed E-state index contributed by atoms with van der Waals surface area (Å²) in [7, 11) is -3.72. The Labute approximate surface area is 119 Å². The summed E-state index contributed by atoms with van der Waals surface area (Å²) >= 11 is 0. The van der Waals surface area contributed by atoms with Crippen LogP contribution >= 0.6 is 0 Å². The molecule has 0 heterocycles. The molecule has 0 aliphatic heterocycles. The van der Waals surface area contributed by atoms with E-state index in [4.69, 9.17) is 9.88 Å². The molecular formula is C13H20N2O4S. The van der Waals surface area contributed by atoms with Gasteiger partial charge in [-0.25, -0.2) is 18.4 Å². The first-order valence-corrected chi connectivity index (χ1v) is 7.69. The summed E-state index contributed by atoms with van der Waals surface area (Å²) in [5.41, 5.74) is 0.537. The van der Waals surface area contributed by atoms with Crippen molar-refractivity contribution in [1.29, 1.82) is 0 Å². The third-order valence-corrected chi connectivity index (χ3v) is 3.44. The first-order valence-electron chi connectivity index (χ1n) is 6.15. The first kappa shape index (κ1) is 16.5. The van der Waals surface area contributed by atoms with Crippen LogP contribution in [-0.2, 0) is 14.8 Å². The molecule has 0 spiro atoms. The van der Waals surface area contributed by atoms with Crippen molar-refractivity contribution in [2.75, 3.05) is 11.9 Å². The molecule has 0 atom stereocenters. The van der Waals surface area contributed by atoms with Gasteiger partial charge in [-0.3, -0.25) is 5.32 Å². The monoisotopic (exact) mass is 300 g/mol. The molecular weight excluding hydrogens is 280 g/mol. The van der Waals surface area contributed by atoms with Crippen LogP contribution in [0.1, 0.15) is 27.2 Å². The zero-order valence-electron chi connectivity index (χ0n) is 11.8. The van der Waals surface area contributed by atoms with Crippen LogP contribution in [-0.4, -0.2) is 21.1 Å². The fourth-order valence-corrected chi connectivity index (χ4v) is 1.85. The lowest BCUT2D eigenvalue weighted by molar-refractivity contribution is 0.145. The van der Waals surface area contributed by atoms with Gasteiger partial charge < -0.3 is 4.74 Å². The van der Waals surface area contributed by atoms with E-state index in [0.717, 1.165) is 6.42 Å². The predicted molar refractivity (Wildman–Crippen MR) is 76.9 cm³/mol. The molecule has 0 saturated carbocycles. The van der Waals surface area contributed by atoms with Crippen LogP contribution in [0.4, 0.5) is 10.5 Å². The topological polar surface area (TPSA) is 98.5 Å². The largest absolute Gasteiger partial charge is 0.449 e. The molecule has 0 fully saturated rings. The fraction of sp³-hybridized carbons (Fsp3) is 0.462. The quantitative estimate of drug-likeness (QED) is 0.891. The average molecular weight is 300 g/mol. The molecule has 1 amide bonds. The van der Waals surface area contributed by atoms with Crippen LogP contribution in [0.15, 0.2) is 29.2 Å². The highest BCUT2D eigenvalue weighted by Crippen LogP contribution is 2.18. The highest BCUT2D eigenvalue weighted by Gasteiger charge is 2.12. The lowest BCUT2D eigenvalue weighted by atomic mass is 9.93. The van der Waals surface area contributed by atoms with Crippen LogP contribution in [0, 0.1) is 5.41 Å². The van der Waals surface area contributed by atoms with E-state index < -0.39 is 16.1 Å². The Bertz CT molecular complexity index is 559. The van der Waals surface area contributed by atoms with Crippen molar-refractivity contribution in [3.05, 3.63) is 24.3 Å². The predicted octanol–water partition coefficient (Wildman–Crippen LogP) is 2.32. The summed E-state index contributed by atoms with van der Waals surface area (Å²) < 4.78 is 27.2. The molecule has 1 aromatic rings. The fourth-order valence-electron chi connectivity index (χ4n) is 1.33. The van der Waals surface area contributed by atoms with Crippen LogP contribution in [0.5, 0.6) is 0 Å². The molecule has 6 nitrogen and oxygen atoms in total. The number of benzene rings is 1. The van der Waals surface area contributed by atoms with Gasteiger partial charge >= 0.3 is 6.09 Å². The smallest absolute Gasteiger partial charge is 0.411 e. The second-order valence-corrected chi connectivity index (χ2v) is 7.20. The summed E-state index contributed by atoms with van der Waals surface area (Å²) in [4.78, 5) is 11.5. The normalized spacial score (nSPS) is 12.0. The van der Waals surface area contributed by atoms with Crippen molar-refractivity contribution < 1.29 is 17.9 Å². The van der Waals surface area contributed by atoms with Crippen molar-refractivity contribution in [3.8, 4) is 0 Å². The standard InChI is InChI=1S/C13H20N2O4S/c1-13(2,3)8-9-19-12(16)15-10-4-6-11(7-5-10)20(14,17)18/h4-7H,8-9H2,1-3H3,(H,15,16)(H2,14,17,18). The van der Waals surface area contributed by atoms with E-state index >= 15 is 0 Å². The van der Waals surface area contributed by atoms with Crippen LogP contribution < -0.4 is 10.5 Å². The molecule has 20 heavy (non-hydrogen) atoms. The van der Waals surface area contributed by atoms with E-state index in [9.17, 15) is 13.2 Å². The van der Waals surface area contributed by atoms with E-state index in [2.05, 4.69) is 26.1 Å². The molecule has 0 unspecified atom stereocenters. The highest BCUT2D eigenvalue weighted by atomic mass is 32.2. The van der Waals surface area contributed by atoms with E-state index in [1.165, 1.54) is 24.3 Å². The maximum atomic E-state index is 11.5. The van der Waals surface area contributed by atoms with Crippen molar-refractivity contribution in [1.82, 2.24) is 0 Å². The first-order chi connectivity index (χ1) is 9.08. The van der Waals surface area contributed by atoms with Crippen LogP contribution in [0.25, 0.3) is 0 Å². The van der Waals surface area contributed by atoms with Crippen molar-refractivity contribution >= 4 is 21.8 Å². The van der Waals surface area contributed by atoms with E-state index in [-0.39, 0.29) is 10.3 Å². The number of ether oxygens (including phenoxy) is 1. The van der Waals surface area contributed by atoms with Gasteiger partial charge in [-0.15, -0.1) is 0 Å². The second-order valence-electron chi connectivity index (χ2n) is 5.64. The third kappa shape index (κ3) is 6.03. The van der Waals surface area contributed by atoms with Crippen molar-refractivity contribution in [2.45, 2.75) is 32.1 Å². The lowest BCUT2D eigenvalue weighted by Crippen LogP contribution is -2.17. The Hall–Kier alpha value is -1.60. The number of primary sulfonamides is 1. The number of anilines is 1. The molecule has 112 valence electrons. The van der Waals surface area contributed by atoms with Crippen LogP contribution in [0.2, 0.25) is 0 Å². The average Bonchev–Trinajstić information content (AvgIpc) is 2.26. The molecule has 7 heteroatoms. The number of amides is 1. The Morgan fingerprint density at radius 1 is 1.25 bits per heavy atom. The van der Waals surface area contributed by atoms with Gasteiger partial charge in [0.2, 0.25) is 10.0 Å². The molecule has 1 aromatic carbocycles. The minimum absolute atomic E-state index is 0.0100. The molecule has 0 radical (unpaired) electrons. The van der Waals surface area contributed by atoms with Gasteiger partial charge in [-0.1, -0.05) is 20.8 Å². The maximum Gasteiger partial charge on any atom is 0.411 e. The number of hydrogen-bond donors (Lipinski definition) is 2. The molecule has 3 N–H and O–H groups in total. The van der Waals surface area contributed by atoms with Crippen molar-refractivity contribution in [2.24, 2.45) is 10.6 Å². The second kappa shape index (κ2) is 6.23. The maximum absolute atomic E-state index is 11.5. The summed E-state index contributed by atoms with van der Waals surface area (Å²) in [6.07, 6.45) is 0.183. The van der Waals surface area contributed by atoms with Crippen molar-refractivity contribution in [3.63, 3.8) is 0 Å². The number of hydrogen-bond acceptors (Lipinski definition) is 4. The third-order valence-electron chi connectivity index (χ3n) is 2.51. The summed E-state index contributed by atoms with van der Waals surface area (Å²) in [5.74, 6) is 0. The van der Waals surface area contributed by atoms with E-state index in [1.54, 1.807) is 0 Å². The van der Waals surface area contributed by atoms with Gasteiger partial charge in [-0.05, 0) is 36.1 Å². The summed E-state index contributed by atoms with van der Waals surface area (Å²) in [6.45, 7) is 6.49. The molecule has 1 rings (SSSR count). The Kier molecular flexibility index (Phi) is 5.13. The van der Waals surface area contributed by atoms with Gasteiger partial charge in [0.05, 0.1) is 11.5 Å². The minimum Gasteiger partial charge on any atom is -0.449 e. The molecule has 0 aliphatic carbocycles. The number of sulfonamides is 1. The summed E-state index contributed by atoms with van der Waals surface area (Å²) in [6, 6.07) is 5.54. The molecule has 0 saturated heterocycles. The highest BCUT2D eigenvalue weighted by molar-refractivity contribution is 7.89. The van der Waals surface area contributed by atoms with Crippen LogP contribution in [0.3, 0.4) is 0 Å². The Balaban J connectivity index is 2.51. The number of nitrogens with two attached hydrogens (primary N) is 1. The lowest BCUT2D eigenvalue weighted by Gasteiger charge is -2.17.